The van der Waals surface area contributed by atoms with Gasteiger partial charge >= 0.3 is 0 Å². The van der Waals surface area contributed by atoms with Gasteiger partial charge in [0.1, 0.15) is 5.69 Å². The number of rotatable bonds is 5. The molecular weight excluding hydrogens is 270 g/mol. The number of nitro benzene ring substituents is 1. The molecule has 1 aromatic rings. The molecule has 21 heavy (non-hydrogen) atoms. The highest BCUT2D eigenvalue weighted by atomic mass is 16.6. The predicted molar refractivity (Wildman–Crippen MR) is 81.0 cm³/mol. The van der Waals surface area contributed by atoms with Gasteiger partial charge in [-0.3, -0.25) is 14.9 Å². The summed E-state index contributed by atoms with van der Waals surface area (Å²) in [6.07, 6.45) is 2.02. The number of hydrogen-bond acceptors (Lipinski definition) is 4. The van der Waals surface area contributed by atoms with Crippen molar-refractivity contribution < 1.29 is 14.6 Å². The van der Waals surface area contributed by atoms with Crippen LogP contribution in [0.25, 0.3) is 0 Å². The van der Waals surface area contributed by atoms with Crippen LogP contribution in [0.4, 0.5) is 11.4 Å². The topological polar surface area (TPSA) is 76.7 Å². The van der Waals surface area contributed by atoms with E-state index in [1.165, 1.54) is 13.0 Å². The molecule has 0 aromatic heterocycles. The first-order valence-electron chi connectivity index (χ1n) is 7.40. The minimum Gasteiger partial charge on any atom is -0.376 e. The van der Waals surface area contributed by atoms with Crippen molar-refractivity contribution in [2.75, 3.05) is 25.0 Å². The van der Waals surface area contributed by atoms with Crippen molar-refractivity contribution in [2.24, 2.45) is 0 Å². The van der Waals surface area contributed by atoms with E-state index < -0.39 is 4.92 Å². The zero-order valence-electron chi connectivity index (χ0n) is 12.5. The summed E-state index contributed by atoms with van der Waals surface area (Å²) < 4.78 is 0. The number of nitrogens with zero attached hydrogens (tertiary/aromatic N) is 1. The van der Waals surface area contributed by atoms with Gasteiger partial charge in [0.25, 0.3) is 5.69 Å². The summed E-state index contributed by atoms with van der Waals surface area (Å²) in [6, 6.07) is 4.91. The van der Waals surface area contributed by atoms with E-state index in [1.54, 1.807) is 17.0 Å². The smallest absolute Gasteiger partial charge is 0.293 e. The number of carbonyl (C=O) groups excluding carboxylic acids is 1. The molecule has 6 heteroatoms. The monoisotopic (exact) mass is 292 g/mol. The molecule has 0 bridgehead atoms. The number of piperidine rings is 1. The maximum atomic E-state index is 11.3. The summed E-state index contributed by atoms with van der Waals surface area (Å²) >= 11 is 0. The summed E-state index contributed by atoms with van der Waals surface area (Å²) in [5.41, 5.74) is 0.861. The van der Waals surface area contributed by atoms with Crippen molar-refractivity contribution in [1.29, 1.82) is 0 Å². The van der Waals surface area contributed by atoms with Gasteiger partial charge in [-0.2, -0.15) is 0 Å². The van der Waals surface area contributed by atoms with Gasteiger partial charge in [-0.1, -0.05) is 0 Å². The first-order valence-corrected chi connectivity index (χ1v) is 7.40. The molecule has 2 rings (SSSR count). The standard InChI is InChI=1S/C15H21N3O3/c1-3-17-8-6-13(7-9-17)16-14-5-4-12(11(2)19)10-15(14)18(20)21/h4-5,10,13,16H,3,6-9H2,1-2H3/p+1. The van der Waals surface area contributed by atoms with Gasteiger partial charge in [0, 0.05) is 30.5 Å². The van der Waals surface area contributed by atoms with Crippen LogP contribution in [0.15, 0.2) is 18.2 Å². The van der Waals surface area contributed by atoms with E-state index in [0.717, 1.165) is 32.5 Å². The SMILES string of the molecule is CC[NH+]1CCC(Nc2ccc(C(C)=O)cc2[N+](=O)[O-])CC1. The fourth-order valence-electron chi connectivity index (χ4n) is 2.77. The third kappa shape index (κ3) is 3.78. The second kappa shape index (κ2) is 6.67. The average Bonchev–Trinajstić information content (AvgIpc) is 2.48. The number of likely N-dealkylation sites (tertiary alicyclic amines) is 1. The first-order chi connectivity index (χ1) is 10.0. The molecule has 0 amide bonds. The van der Waals surface area contributed by atoms with E-state index in [4.69, 9.17) is 0 Å². The maximum absolute atomic E-state index is 11.3. The molecule has 1 aliphatic heterocycles. The van der Waals surface area contributed by atoms with Gasteiger partial charge in [0.15, 0.2) is 5.78 Å². The van der Waals surface area contributed by atoms with Crippen LogP contribution in [0.5, 0.6) is 0 Å². The third-order valence-corrected chi connectivity index (χ3v) is 4.15. The molecule has 1 fully saturated rings. The summed E-state index contributed by atoms with van der Waals surface area (Å²) in [5.74, 6) is -0.162. The van der Waals surface area contributed by atoms with Crippen molar-refractivity contribution in [3.8, 4) is 0 Å². The molecular formula is C15H22N3O3+. The Kier molecular flexibility index (Phi) is 4.90. The van der Waals surface area contributed by atoms with Crippen LogP contribution < -0.4 is 10.2 Å². The molecule has 0 aliphatic carbocycles. The Morgan fingerprint density at radius 1 is 1.43 bits per heavy atom. The number of anilines is 1. The number of ketones is 1. The van der Waals surface area contributed by atoms with Crippen LogP contribution in [0.3, 0.4) is 0 Å². The van der Waals surface area contributed by atoms with E-state index in [2.05, 4.69) is 12.2 Å². The van der Waals surface area contributed by atoms with Crippen LogP contribution in [0, 0.1) is 10.1 Å². The Bertz CT molecular complexity index is 537. The number of benzene rings is 1. The normalized spacial score (nSPS) is 21.8. The summed E-state index contributed by atoms with van der Waals surface area (Å²) in [5, 5.41) is 14.5. The van der Waals surface area contributed by atoms with Gasteiger partial charge in [0.2, 0.25) is 0 Å². The highest BCUT2D eigenvalue weighted by Crippen LogP contribution is 2.27. The number of hydrogen-bond donors (Lipinski definition) is 2. The maximum Gasteiger partial charge on any atom is 0.293 e. The Labute approximate surface area is 124 Å². The van der Waals surface area contributed by atoms with Crippen LogP contribution in [-0.4, -0.2) is 36.4 Å². The van der Waals surface area contributed by atoms with Gasteiger partial charge in [0.05, 0.1) is 24.6 Å². The summed E-state index contributed by atoms with van der Waals surface area (Å²) in [7, 11) is 0. The molecule has 6 nitrogen and oxygen atoms in total. The number of nitro groups is 1. The summed E-state index contributed by atoms with van der Waals surface area (Å²) in [6.45, 7) is 6.89. The molecule has 2 N–H and O–H groups in total. The van der Waals surface area contributed by atoms with Crippen molar-refractivity contribution in [3.05, 3.63) is 33.9 Å². The molecule has 1 saturated heterocycles. The van der Waals surface area contributed by atoms with Crippen molar-refractivity contribution in [3.63, 3.8) is 0 Å². The first kappa shape index (κ1) is 15.4. The van der Waals surface area contributed by atoms with Crippen LogP contribution in [0.1, 0.15) is 37.0 Å². The largest absolute Gasteiger partial charge is 0.376 e. The average molecular weight is 292 g/mol. The Hall–Kier alpha value is -1.95. The fraction of sp³-hybridized carbons (Fsp3) is 0.533. The molecule has 0 atom stereocenters. The van der Waals surface area contributed by atoms with Gasteiger partial charge in [-0.15, -0.1) is 0 Å². The number of Topliss-reactive ketones (excluding diaryl/α,β-unsaturated/α-hetero) is 1. The van der Waals surface area contributed by atoms with Crippen molar-refractivity contribution in [1.82, 2.24) is 0 Å². The Morgan fingerprint density at radius 2 is 2.10 bits per heavy atom. The van der Waals surface area contributed by atoms with E-state index in [1.807, 2.05) is 0 Å². The quantitative estimate of drug-likeness (QED) is 0.487. The molecule has 0 unspecified atom stereocenters. The van der Waals surface area contributed by atoms with Crippen molar-refractivity contribution >= 4 is 17.2 Å². The Balaban J connectivity index is 2.13. The lowest BCUT2D eigenvalue weighted by molar-refractivity contribution is -0.903. The van der Waals surface area contributed by atoms with E-state index >= 15 is 0 Å². The minimum absolute atomic E-state index is 0.0204. The fourth-order valence-corrected chi connectivity index (χ4v) is 2.77. The molecule has 1 heterocycles. The zero-order chi connectivity index (χ0) is 15.4. The highest BCUT2D eigenvalue weighted by molar-refractivity contribution is 5.95. The predicted octanol–water partition coefficient (Wildman–Crippen LogP) is 1.28. The zero-order valence-corrected chi connectivity index (χ0v) is 12.5. The molecule has 0 spiro atoms. The van der Waals surface area contributed by atoms with Gasteiger partial charge in [-0.25, -0.2) is 0 Å². The lowest BCUT2D eigenvalue weighted by atomic mass is 10.0. The van der Waals surface area contributed by atoms with Crippen LogP contribution in [-0.2, 0) is 0 Å². The van der Waals surface area contributed by atoms with Gasteiger partial charge in [-0.05, 0) is 26.0 Å². The van der Waals surface area contributed by atoms with E-state index in [-0.39, 0.29) is 17.5 Å². The number of nitrogens with one attached hydrogen (secondary N) is 2. The van der Waals surface area contributed by atoms with Crippen LogP contribution in [0.2, 0.25) is 0 Å². The second-order valence-corrected chi connectivity index (χ2v) is 5.57. The molecule has 1 aliphatic rings. The third-order valence-electron chi connectivity index (χ3n) is 4.15. The van der Waals surface area contributed by atoms with Crippen LogP contribution >= 0.6 is 0 Å². The van der Waals surface area contributed by atoms with Gasteiger partial charge < -0.3 is 10.2 Å². The lowest BCUT2D eigenvalue weighted by Gasteiger charge is -2.29. The number of carbonyl (C=O) groups is 1. The van der Waals surface area contributed by atoms with E-state index in [0.29, 0.717) is 11.3 Å². The minimum atomic E-state index is -0.429. The molecule has 0 radical (unpaired) electrons. The highest BCUT2D eigenvalue weighted by Gasteiger charge is 2.24. The molecule has 0 saturated carbocycles. The molecule has 1 aromatic carbocycles. The molecule has 114 valence electrons. The van der Waals surface area contributed by atoms with Crippen molar-refractivity contribution in [2.45, 2.75) is 32.7 Å². The second-order valence-electron chi connectivity index (χ2n) is 5.57. The summed E-state index contributed by atoms with van der Waals surface area (Å²) in [4.78, 5) is 23.7. The van der Waals surface area contributed by atoms with E-state index in [9.17, 15) is 14.9 Å². The Morgan fingerprint density at radius 3 is 2.62 bits per heavy atom. The number of quaternary nitrogens is 1. The lowest BCUT2D eigenvalue weighted by Crippen LogP contribution is -3.13.